The molecule has 1 aliphatic heterocycles. The number of piperazine rings is 1. The van der Waals surface area contributed by atoms with Crippen molar-refractivity contribution >= 4 is 11.6 Å². The summed E-state index contributed by atoms with van der Waals surface area (Å²) in [5.41, 5.74) is 1.23. The summed E-state index contributed by atoms with van der Waals surface area (Å²) in [6.45, 7) is 3.57. The lowest BCUT2D eigenvalue weighted by Gasteiger charge is -2.36. The molecule has 1 aromatic carbocycles. The molecule has 1 aliphatic rings. The van der Waals surface area contributed by atoms with Crippen molar-refractivity contribution in [3.8, 4) is 0 Å². The highest BCUT2D eigenvalue weighted by molar-refractivity contribution is 5.76. The first kappa shape index (κ1) is 13.9. The van der Waals surface area contributed by atoms with E-state index in [9.17, 15) is 4.79 Å². The zero-order valence-corrected chi connectivity index (χ0v) is 11.3. The highest BCUT2D eigenvalue weighted by Crippen LogP contribution is 2.16. The van der Waals surface area contributed by atoms with Gasteiger partial charge in [-0.1, -0.05) is 18.2 Å². The molecule has 0 bridgehead atoms. The second kappa shape index (κ2) is 7.14. The van der Waals surface area contributed by atoms with Gasteiger partial charge in [-0.25, -0.2) is 0 Å². The smallest absolute Gasteiger partial charge is 0.222 e. The fraction of sp³-hybridized carbons (Fsp3) is 0.533. The Labute approximate surface area is 114 Å². The number of hydrogen-bond acceptors (Lipinski definition) is 3. The van der Waals surface area contributed by atoms with Crippen LogP contribution in [-0.2, 0) is 4.79 Å². The third-order valence-electron chi connectivity index (χ3n) is 3.55. The standard InChI is InChI=1S/C15H22N2O2/c18-13-5-4-8-15(19)17-11-9-16(10-12-17)14-6-2-1-3-7-14/h1-3,6-7,18H,4-5,8-13H2. The fourth-order valence-corrected chi connectivity index (χ4v) is 2.40. The third kappa shape index (κ3) is 3.96. The Bertz CT molecular complexity index is 386. The molecular formula is C15H22N2O2. The number of nitrogens with zero attached hydrogens (tertiary/aromatic N) is 2. The molecule has 104 valence electrons. The predicted molar refractivity (Wildman–Crippen MR) is 76.2 cm³/mol. The van der Waals surface area contributed by atoms with Gasteiger partial charge in [-0.3, -0.25) is 4.79 Å². The van der Waals surface area contributed by atoms with E-state index in [1.165, 1.54) is 5.69 Å². The van der Waals surface area contributed by atoms with Crippen molar-refractivity contribution in [1.82, 2.24) is 4.90 Å². The molecule has 1 heterocycles. The van der Waals surface area contributed by atoms with Crippen LogP contribution in [-0.4, -0.2) is 48.7 Å². The average Bonchev–Trinajstić information content (AvgIpc) is 2.48. The number of anilines is 1. The van der Waals surface area contributed by atoms with E-state index in [4.69, 9.17) is 5.11 Å². The minimum absolute atomic E-state index is 0.176. The predicted octanol–water partition coefficient (Wildman–Crippen LogP) is 1.50. The molecule has 1 amide bonds. The summed E-state index contributed by atoms with van der Waals surface area (Å²) in [7, 11) is 0. The topological polar surface area (TPSA) is 43.8 Å². The maximum atomic E-state index is 11.9. The Kier molecular flexibility index (Phi) is 5.21. The zero-order valence-electron chi connectivity index (χ0n) is 11.3. The number of hydrogen-bond donors (Lipinski definition) is 1. The van der Waals surface area contributed by atoms with Crippen molar-refractivity contribution in [2.24, 2.45) is 0 Å². The van der Waals surface area contributed by atoms with Crippen molar-refractivity contribution < 1.29 is 9.90 Å². The number of aliphatic hydroxyl groups excluding tert-OH is 1. The number of aliphatic hydroxyl groups is 1. The third-order valence-corrected chi connectivity index (χ3v) is 3.55. The van der Waals surface area contributed by atoms with Gasteiger partial charge >= 0.3 is 0 Å². The summed E-state index contributed by atoms with van der Waals surface area (Å²) in [6, 6.07) is 10.3. The number of amides is 1. The van der Waals surface area contributed by atoms with Crippen molar-refractivity contribution in [3.63, 3.8) is 0 Å². The lowest BCUT2D eigenvalue weighted by molar-refractivity contribution is -0.131. The van der Waals surface area contributed by atoms with Gasteiger partial charge in [0.1, 0.15) is 0 Å². The molecule has 2 rings (SSSR count). The van der Waals surface area contributed by atoms with E-state index in [0.29, 0.717) is 6.42 Å². The van der Waals surface area contributed by atoms with Crippen LogP contribution in [0.1, 0.15) is 19.3 Å². The molecule has 1 aromatic rings. The van der Waals surface area contributed by atoms with Crippen LogP contribution in [0.25, 0.3) is 0 Å². The molecule has 0 unspecified atom stereocenters. The van der Waals surface area contributed by atoms with Gasteiger partial charge in [0.05, 0.1) is 0 Å². The summed E-state index contributed by atoms with van der Waals surface area (Å²) in [4.78, 5) is 16.2. The van der Waals surface area contributed by atoms with Gasteiger partial charge in [-0.05, 0) is 25.0 Å². The van der Waals surface area contributed by atoms with E-state index in [1.54, 1.807) is 0 Å². The number of rotatable bonds is 5. The maximum absolute atomic E-state index is 11.9. The molecule has 1 saturated heterocycles. The maximum Gasteiger partial charge on any atom is 0.222 e. The van der Waals surface area contributed by atoms with Crippen LogP contribution in [0.3, 0.4) is 0 Å². The minimum atomic E-state index is 0.176. The van der Waals surface area contributed by atoms with E-state index in [-0.39, 0.29) is 12.5 Å². The highest BCUT2D eigenvalue weighted by Gasteiger charge is 2.20. The Balaban J connectivity index is 1.77. The van der Waals surface area contributed by atoms with Gasteiger partial charge in [-0.15, -0.1) is 0 Å². The van der Waals surface area contributed by atoms with Crippen LogP contribution < -0.4 is 4.90 Å². The van der Waals surface area contributed by atoms with E-state index in [2.05, 4.69) is 17.0 Å². The van der Waals surface area contributed by atoms with Crippen molar-refractivity contribution in [3.05, 3.63) is 30.3 Å². The average molecular weight is 262 g/mol. The second-order valence-corrected chi connectivity index (χ2v) is 4.88. The fourth-order valence-electron chi connectivity index (χ4n) is 2.40. The normalized spacial score (nSPS) is 15.6. The molecule has 1 fully saturated rings. The quantitative estimate of drug-likeness (QED) is 0.818. The molecule has 4 nitrogen and oxygen atoms in total. The Morgan fingerprint density at radius 3 is 2.37 bits per heavy atom. The number of carbonyl (C=O) groups is 1. The second-order valence-electron chi connectivity index (χ2n) is 4.88. The molecule has 0 aliphatic carbocycles. The monoisotopic (exact) mass is 262 g/mol. The molecule has 0 radical (unpaired) electrons. The minimum Gasteiger partial charge on any atom is -0.396 e. The Morgan fingerprint density at radius 2 is 1.74 bits per heavy atom. The molecule has 0 aromatic heterocycles. The first-order valence-corrected chi connectivity index (χ1v) is 7.00. The number of para-hydroxylation sites is 1. The molecule has 1 N–H and O–H groups in total. The Morgan fingerprint density at radius 1 is 1.05 bits per heavy atom. The van der Waals surface area contributed by atoms with E-state index < -0.39 is 0 Å². The molecular weight excluding hydrogens is 240 g/mol. The van der Waals surface area contributed by atoms with E-state index in [1.807, 2.05) is 23.1 Å². The van der Waals surface area contributed by atoms with Crippen LogP contribution in [0.5, 0.6) is 0 Å². The summed E-state index contributed by atoms with van der Waals surface area (Å²) in [5.74, 6) is 0.223. The van der Waals surface area contributed by atoms with Gasteiger partial charge in [0.15, 0.2) is 0 Å². The lowest BCUT2D eigenvalue weighted by atomic mass is 10.2. The van der Waals surface area contributed by atoms with Crippen LogP contribution >= 0.6 is 0 Å². The van der Waals surface area contributed by atoms with Gasteiger partial charge < -0.3 is 14.9 Å². The van der Waals surface area contributed by atoms with Crippen LogP contribution in [0, 0.1) is 0 Å². The van der Waals surface area contributed by atoms with Gasteiger partial charge in [0, 0.05) is 44.9 Å². The number of carbonyl (C=O) groups excluding carboxylic acids is 1. The highest BCUT2D eigenvalue weighted by atomic mass is 16.3. The van der Waals surface area contributed by atoms with Crippen molar-refractivity contribution in [2.45, 2.75) is 19.3 Å². The largest absolute Gasteiger partial charge is 0.396 e. The first-order valence-electron chi connectivity index (χ1n) is 7.00. The molecule has 0 saturated carbocycles. The molecule has 19 heavy (non-hydrogen) atoms. The summed E-state index contributed by atoms with van der Waals surface area (Å²) in [6.07, 6.45) is 2.07. The molecule has 0 spiro atoms. The van der Waals surface area contributed by atoms with Gasteiger partial charge in [0.2, 0.25) is 5.91 Å². The van der Waals surface area contributed by atoms with Crippen LogP contribution in [0.15, 0.2) is 30.3 Å². The van der Waals surface area contributed by atoms with E-state index in [0.717, 1.165) is 39.0 Å². The van der Waals surface area contributed by atoms with Crippen LogP contribution in [0.2, 0.25) is 0 Å². The summed E-state index contributed by atoms with van der Waals surface area (Å²) in [5, 5.41) is 8.72. The number of benzene rings is 1. The molecule has 4 heteroatoms. The Hall–Kier alpha value is -1.55. The van der Waals surface area contributed by atoms with Gasteiger partial charge in [0.25, 0.3) is 0 Å². The number of unbranched alkanes of at least 4 members (excludes halogenated alkanes) is 1. The van der Waals surface area contributed by atoms with Crippen molar-refractivity contribution in [1.29, 1.82) is 0 Å². The van der Waals surface area contributed by atoms with Crippen LogP contribution in [0.4, 0.5) is 5.69 Å². The SMILES string of the molecule is O=C(CCCCO)N1CCN(c2ccccc2)CC1. The first-order chi connectivity index (χ1) is 9.31. The van der Waals surface area contributed by atoms with Crippen molar-refractivity contribution in [2.75, 3.05) is 37.7 Å². The summed E-state index contributed by atoms with van der Waals surface area (Å²) >= 11 is 0. The summed E-state index contributed by atoms with van der Waals surface area (Å²) < 4.78 is 0. The molecule has 0 atom stereocenters. The van der Waals surface area contributed by atoms with E-state index >= 15 is 0 Å². The van der Waals surface area contributed by atoms with Gasteiger partial charge in [-0.2, -0.15) is 0 Å². The lowest BCUT2D eigenvalue weighted by Crippen LogP contribution is -2.48. The zero-order chi connectivity index (χ0) is 13.5.